The van der Waals surface area contributed by atoms with E-state index in [-0.39, 0.29) is 0 Å². The van der Waals surface area contributed by atoms with Crippen LogP contribution in [0.5, 0.6) is 0 Å². The molecule has 1 aliphatic rings. The lowest BCUT2D eigenvalue weighted by Crippen LogP contribution is -2.39. The maximum absolute atomic E-state index is 6.05. The van der Waals surface area contributed by atoms with Crippen LogP contribution < -0.4 is 5.73 Å². The van der Waals surface area contributed by atoms with Gasteiger partial charge in [-0.05, 0) is 64.0 Å². The average molecular weight is 275 g/mol. The highest BCUT2D eigenvalue weighted by molar-refractivity contribution is 5.29. The van der Waals surface area contributed by atoms with E-state index in [0.717, 1.165) is 12.5 Å². The first-order chi connectivity index (χ1) is 9.61. The van der Waals surface area contributed by atoms with E-state index in [0.29, 0.717) is 12.6 Å². The van der Waals surface area contributed by atoms with Gasteiger partial charge in [-0.15, -0.1) is 0 Å². The van der Waals surface area contributed by atoms with Crippen molar-refractivity contribution < 1.29 is 0 Å². The fourth-order valence-corrected chi connectivity index (χ4v) is 3.28. The van der Waals surface area contributed by atoms with E-state index in [9.17, 15) is 0 Å². The molecule has 0 radical (unpaired) electrons. The summed E-state index contributed by atoms with van der Waals surface area (Å²) in [6.45, 7) is 6.49. The van der Waals surface area contributed by atoms with Crippen LogP contribution in [-0.2, 0) is 0 Å². The third kappa shape index (κ3) is 3.81. The average Bonchev–Trinajstić information content (AvgIpc) is 2.44. The van der Waals surface area contributed by atoms with Crippen molar-refractivity contribution in [3.8, 4) is 0 Å². The lowest BCUT2D eigenvalue weighted by Gasteiger charge is -2.35. The minimum atomic E-state index is 0.343. The highest BCUT2D eigenvalue weighted by Gasteiger charge is 2.22. The van der Waals surface area contributed by atoms with Crippen LogP contribution in [-0.4, -0.2) is 50.1 Å². The summed E-state index contributed by atoms with van der Waals surface area (Å²) in [7, 11) is 4.44. The third-order valence-corrected chi connectivity index (χ3v) is 4.69. The standard InChI is InChI=1S/C17H29N3/c1-14-6-4-5-7-16(14)17(12-18)20(3)13-15-8-10-19(2)11-9-15/h4-7,15,17H,8-13,18H2,1-3H3. The molecule has 2 N–H and O–H groups in total. The molecule has 0 bridgehead atoms. The Hall–Kier alpha value is -0.900. The van der Waals surface area contributed by atoms with E-state index in [1.807, 2.05) is 0 Å². The number of piperidine rings is 1. The van der Waals surface area contributed by atoms with Gasteiger partial charge in [0.15, 0.2) is 0 Å². The number of nitrogens with two attached hydrogens (primary N) is 1. The zero-order valence-electron chi connectivity index (χ0n) is 13.2. The molecular formula is C17H29N3. The number of hydrogen-bond acceptors (Lipinski definition) is 3. The normalized spacial score (nSPS) is 19.4. The van der Waals surface area contributed by atoms with Gasteiger partial charge in [0.25, 0.3) is 0 Å². The fraction of sp³-hybridized carbons (Fsp3) is 0.647. The van der Waals surface area contributed by atoms with Gasteiger partial charge in [-0.1, -0.05) is 24.3 Å². The van der Waals surface area contributed by atoms with Gasteiger partial charge in [0, 0.05) is 19.1 Å². The first-order valence-electron chi connectivity index (χ1n) is 7.76. The van der Waals surface area contributed by atoms with Gasteiger partial charge < -0.3 is 10.6 Å². The van der Waals surface area contributed by atoms with E-state index in [1.165, 1.54) is 37.1 Å². The molecule has 1 aromatic rings. The van der Waals surface area contributed by atoms with E-state index < -0.39 is 0 Å². The molecule has 1 heterocycles. The minimum Gasteiger partial charge on any atom is -0.329 e. The van der Waals surface area contributed by atoms with Crippen LogP contribution in [0.2, 0.25) is 0 Å². The van der Waals surface area contributed by atoms with Crippen LogP contribution >= 0.6 is 0 Å². The van der Waals surface area contributed by atoms with Crippen molar-refractivity contribution in [2.24, 2.45) is 11.7 Å². The number of rotatable bonds is 5. The molecule has 0 saturated carbocycles. The Morgan fingerprint density at radius 2 is 1.95 bits per heavy atom. The molecule has 0 amide bonds. The summed E-state index contributed by atoms with van der Waals surface area (Å²) in [5, 5.41) is 0. The van der Waals surface area contributed by atoms with E-state index >= 15 is 0 Å². The number of benzene rings is 1. The molecule has 0 aliphatic carbocycles. The SMILES string of the molecule is Cc1ccccc1C(CN)N(C)CC1CCN(C)CC1. The van der Waals surface area contributed by atoms with Crippen LogP contribution in [0.15, 0.2) is 24.3 Å². The summed E-state index contributed by atoms with van der Waals surface area (Å²) in [4.78, 5) is 4.89. The van der Waals surface area contributed by atoms with Crippen molar-refractivity contribution in [2.75, 3.05) is 40.3 Å². The lowest BCUT2D eigenvalue weighted by atomic mass is 9.94. The van der Waals surface area contributed by atoms with E-state index in [1.54, 1.807) is 0 Å². The van der Waals surface area contributed by atoms with E-state index in [4.69, 9.17) is 5.73 Å². The van der Waals surface area contributed by atoms with Crippen molar-refractivity contribution in [1.82, 2.24) is 9.80 Å². The van der Waals surface area contributed by atoms with Crippen LogP contribution in [0.25, 0.3) is 0 Å². The Labute approximate surface area is 123 Å². The number of hydrogen-bond donors (Lipinski definition) is 1. The van der Waals surface area contributed by atoms with E-state index in [2.05, 4.69) is 55.1 Å². The van der Waals surface area contributed by atoms with Gasteiger partial charge in [-0.3, -0.25) is 4.90 Å². The summed E-state index contributed by atoms with van der Waals surface area (Å²) in [6.07, 6.45) is 2.62. The van der Waals surface area contributed by atoms with Crippen molar-refractivity contribution in [1.29, 1.82) is 0 Å². The predicted octanol–water partition coefficient (Wildman–Crippen LogP) is 2.27. The highest BCUT2D eigenvalue weighted by Crippen LogP contribution is 2.25. The highest BCUT2D eigenvalue weighted by atomic mass is 15.1. The fourth-order valence-electron chi connectivity index (χ4n) is 3.28. The van der Waals surface area contributed by atoms with Crippen LogP contribution in [0.4, 0.5) is 0 Å². The van der Waals surface area contributed by atoms with Gasteiger partial charge in [-0.25, -0.2) is 0 Å². The molecule has 112 valence electrons. The maximum Gasteiger partial charge on any atom is 0.0470 e. The molecule has 3 heteroatoms. The molecule has 2 rings (SSSR count). The molecule has 1 aromatic carbocycles. The quantitative estimate of drug-likeness (QED) is 0.895. The van der Waals surface area contributed by atoms with Gasteiger partial charge in [0.2, 0.25) is 0 Å². The second-order valence-corrected chi connectivity index (χ2v) is 6.29. The predicted molar refractivity (Wildman–Crippen MR) is 85.8 cm³/mol. The molecular weight excluding hydrogens is 246 g/mol. The lowest BCUT2D eigenvalue weighted by molar-refractivity contribution is 0.151. The number of likely N-dealkylation sites (N-methyl/N-ethyl adjacent to an activating group) is 1. The molecule has 1 unspecified atom stereocenters. The van der Waals surface area contributed by atoms with Crippen LogP contribution in [0.3, 0.4) is 0 Å². The third-order valence-electron chi connectivity index (χ3n) is 4.69. The second-order valence-electron chi connectivity index (χ2n) is 6.29. The molecule has 1 fully saturated rings. The Morgan fingerprint density at radius 3 is 2.55 bits per heavy atom. The zero-order chi connectivity index (χ0) is 14.5. The zero-order valence-corrected chi connectivity index (χ0v) is 13.2. The first kappa shape index (κ1) is 15.5. The Balaban J connectivity index is 1.99. The van der Waals surface area contributed by atoms with Gasteiger partial charge in [-0.2, -0.15) is 0 Å². The molecule has 1 atom stereocenters. The van der Waals surface area contributed by atoms with Crippen molar-refractivity contribution >= 4 is 0 Å². The summed E-state index contributed by atoms with van der Waals surface area (Å²) in [6, 6.07) is 8.97. The van der Waals surface area contributed by atoms with Gasteiger partial charge in [0.1, 0.15) is 0 Å². The summed E-state index contributed by atoms with van der Waals surface area (Å²) < 4.78 is 0. The molecule has 0 spiro atoms. The number of aryl methyl sites for hydroxylation is 1. The largest absolute Gasteiger partial charge is 0.329 e. The Morgan fingerprint density at radius 1 is 1.30 bits per heavy atom. The number of likely N-dealkylation sites (tertiary alicyclic amines) is 1. The Bertz CT molecular complexity index is 410. The van der Waals surface area contributed by atoms with Crippen molar-refractivity contribution in [2.45, 2.75) is 25.8 Å². The smallest absolute Gasteiger partial charge is 0.0470 e. The molecule has 1 saturated heterocycles. The molecule has 20 heavy (non-hydrogen) atoms. The monoisotopic (exact) mass is 275 g/mol. The van der Waals surface area contributed by atoms with Gasteiger partial charge >= 0.3 is 0 Å². The summed E-state index contributed by atoms with van der Waals surface area (Å²) >= 11 is 0. The summed E-state index contributed by atoms with van der Waals surface area (Å²) in [5.74, 6) is 0.814. The Kier molecular flexibility index (Phi) is 5.58. The molecule has 0 aromatic heterocycles. The summed E-state index contributed by atoms with van der Waals surface area (Å²) in [5.41, 5.74) is 8.78. The van der Waals surface area contributed by atoms with Crippen LogP contribution in [0, 0.1) is 12.8 Å². The first-order valence-corrected chi connectivity index (χ1v) is 7.76. The van der Waals surface area contributed by atoms with Crippen molar-refractivity contribution in [3.63, 3.8) is 0 Å². The maximum atomic E-state index is 6.05. The second kappa shape index (κ2) is 7.21. The molecule has 3 nitrogen and oxygen atoms in total. The van der Waals surface area contributed by atoms with Crippen molar-refractivity contribution in [3.05, 3.63) is 35.4 Å². The van der Waals surface area contributed by atoms with Crippen LogP contribution in [0.1, 0.15) is 30.0 Å². The topological polar surface area (TPSA) is 32.5 Å². The minimum absolute atomic E-state index is 0.343. The number of nitrogens with zero attached hydrogens (tertiary/aromatic N) is 2. The molecule has 1 aliphatic heterocycles. The van der Waals surface area contributed by atoms with Gasteiger partial charge in [0.05, 0.1) is 0 Å².